The van der Waals surface area contributed by atoms with Gasteiger partial charge in [0.15, 0.2) is 0 Å². The summed E-state index contributed by atoms with van der Waals surface area (Å²) in [5, 5.41) is 0. The smallest absolute Gasteiger partial charge is 0.346 e. The van der Waals surface area contributed by atoms with Gasteiger partial charge < -0.3 is 15.5 Å². The highest BCUT2D eigenvalue weighted by molar-refractivity contribution is 6.05. The van der Waals surface area contributed by atoms with Crippen LogP contribution in [0.5, 0.6) is 0 Å². The Morgan fingerprint density at radius 1 is 1.39 bits per heavy atom. The number of nitrogens with zero attached hydrogens (tertiary/aromatic N) is 3. The van der Waals surface area contributed by atoms with E-state index in [2.05, 4.69) is 16.9 Å². The zero-order chi connectivity index (χ0) is 12.8. The Kier molecular flexibility index (Phi) is 2.81. The minimum absolute atomic E-state index is 0.107. The molecule has 2 amide bonds. The van der Waals surface area contributed by atoms with Gasteiger partial charge in [-0.3, -0.25) is 0 Å². The third kappa shape index (κ3) is 1.90. The molecule has 0 radical (unpaired) electrons. The first-order valence-electron chi connectivity index (χ1n) is 6.96. The lowest BCUT2D eigenvalue weighted by molar-refractivity contribution is 0.155. The predicted molar refractivity (Wildman–Crippen MR) is 70.5 cm³/mol. The number of carbonyl (C=O) groups is 1. The second-order valence-electron chi connectivity index (χ2n) is 6.02. The van der Waals surface area contributed by atoms with Gasteiger partial charge in [-0.2, -0.15) is 4.99 Å². The first-order chi connectivity index (χ1) is 8.62. The van der Waals surface area contributed by atoms with E-state index in [1.165, 1.54) is 12.8 Å². The van der Waals surface area contributed by atoms with E-state index in [0.717, 1.165) is 38.9 Å². The second-order valence-corrected chi connectivity index (χ2v) is 6.02. The van der Waals surface area contributed by atoms with Crippen LogP contribution in [0.1, 0.15) is 32.1 Å². The van der Waals surface area contributed by atoms with E-state index in [-0.39, 0.29) is 11.6 Å². The summed E-state index contributed by atoms with van der Waals surface area (Å²) < 4.78 is 0. The molecule has 1 unspecified atom stereocenters. The average Bonchev–Trinajstić information content (AvgIpc) is 3.10. The van der Waals surface area contributed by atoms with E-state index in [4.69, 9.17) is 5.73 Å². The summed E-state index contributed by atoms with van der Waals surface area (Å²) in [5.41, 5.74) is 5.83. The van der Waals surface area contributed by atoms with Gasteiger partial charge >= 0.3 is 6.03 Å². The Hall–Kier alpha value is -1.10. The van der Waals surface area contributed by atoms with Crippen molar-refractivity contribution in [3.8, 4) is 0 Å². The number of amides is 2. The van der Waals surface area contributed by atoms with Crippen LogP contribution in [0.4, 0.5) is 4.79 Å². The van der Waals surface area contributed by atoms with E-state index < -0.39 is 0 Å². The highest BCUT2D eigenvalue weighted by Gasteiger charge is 2.49. The summed E-state index contributed by atoms with van der Waals surface area (Å²) in [7, 11) is 2.13. The maximum Gasteiger partial charge on any atom is 0.346 e. The number of nitrogens with two attached hydrogens (primary N) is 1. The van der Waals surface area contributed by atoms with Crippen molar-refractivity contribution >= 4 is 11.9 Å². The van der Waals surface area contributed by atoms with Gasteiger partial charge in [-0.25, -0.2) is 4.79 Å². The number of hydrogen-bond donors (Lipinski definition) is 1. The largest absolute Gasteiger partial charge is 0.385 e. The first-order valence-corrected chi connectivity index (χ1v) is 6.96. The quantitative estimate of drug-likeness (QED) is 0.796. The molecule has 1 spiro atoms. The van der Waals surface area contributed by atoms with Gasteiger partial charge in [0.2, 0.25) is 0 Å². The molecule has 2 fully saturated rings. The summed E-state index contributed by atoms with van der Waals surface area (Å²) >= 11 is 0. The van der Waals surface area contributed by atoms with Crippen molar-refractivity contribution in [2.24, 2.45) is 16.6 Å². The second kappa shape index (κ2) is 4.23. The Labute approximate surface area is 108 Å². The van der Waals surface area contributed by atoms with Crippen LogP contribution in [-0.2, 0) is 0 Å². The van der Waals surface area contributed by atoms with Gasteiger partial charge in [-0.1, -0.05) is 0 Å². The minimum atomic E-state index is -0.273. The number of rotatable bonds is 2. The Morgan fingerprint density at radius 2 is 2.17 bits per heavy atom. The molecule has 1 atom stereocenters. The molecule has 2 aliphatic heterocycles. The fourth-order valence-electron chi connectivity index (χ4n) is 3.18. The van der Waals surface area contributed by atoms with Crippen molar-refractivity contribution in [3.63, 3.8) is 0 Å². The molecule has 2 N–H and O–H groups in total. The van der Waals surface area contributed by atoms with E-state index in [1.54, 1.807) is 0 Å². The molecular weight excluding hydrogens is 228 g/mol. The zero-order valence-corrected chi connectivity index (χ0v) is 11.1. The van der Waals surface area contributed by atoms with Crippen LogP contribution < -0.4 is 5.73 Å². The molecule has 3 rings (SSSR count). The highest BCUT2D eigenvalue weighted by atomic mass is 16.2. The molecule has 0 aromatic carbocycles. The van der Waals surface area contributed by atoms with Crippen molar-refractivity contribution < 1.29 is 4.79 Å². The fraction of sp³-hybridized carbons (Fsp3) is 0.846. The zero-order valence-electron chi connectivity index (χ0n) is 11.1. The van der Waals surface area contributed by atoms with Gasteiger partial charge in [0.25, 0.3) is 0 Å². The van der Waals surface area contributed by atoms with Crippen LogP contribution in [0.2, 0.25) is 0 Å². The Balaban J connectivity index is 1.84. The lowest BCUT2D eigenvalue weighted by Crippen LogP contribution is -2.55. The van der Waals surface area contributed by atoms with Crippen molar-refractivity contribution in [2.45, 2.75) is 37.6 Å². The van der Waals surface area contributed by atoms with Crippen molar-refractivity contribution in [3.05, 3.63) is 0 Å². The Bertz CT molecular complexity index is 390. The van der Waals surface area contributed by atoms with Crippen LogP contribution in [0, 0.1) is 5.92 Å². The summed E-state index contributed by atoms with van der Waals surface area (Å²) in [6.07, 6.45) is 5.48. The predicted octanol–water partition coefficient (Wildman–Crippen LogP) is 1.04. The summed E-state index contributed by atoms with van der Waals surface area (Å²) in [6, 6.07) is -0.107. The first kappa shape index (κ1) is 12.0. The number of hydrogen-bond acceptors (Lipinski definition) is 3. The molecular formula is C13H22N4O. The van der Waals surface area contributed by atoms with E-state index in [9.17, 15) is 4.79 Å². The van der Waals surface area contributed by atoms with Gasteiger partial charge in [-0.15, -0.1) is 0 Å². The SMILES string of the molecule is CN1CCCC2(CC1)C(N)=NC(=O)N2CC1CC1. The van der Waals surface area contributed by atoms with E-state index in [0.29, 0.717) is 11.8 Å². The lowest BCUT2D eigenvalue weighted by atomic mass is 9.88. The molecule has 5 heteroatoms. The molecule has 18 heavy (non-hydrogen) atoms. The van der Waals surface area contributed by atoms with E-state index in [1.807, 2.05) is 4.90 Å². The number of carbonyl (C=O) groups excluding carboxylic acids is 1. The maximum absolute atomic E-state index is 12.1. The number of urea groups is 1. The van der Waals surface area contributed by atoms with Crippen LogP contribution in [0.25, 0.3) is 0 Å². The van der Waals surface area contributed by atoms with E-state index >= 15 is 0 Å². The van der Waals surface area contributed by atoms with Crippen molar-refractivity contribution in [2.75, 3.05) is 26.7 Å². The van der Waals surface area contributed by atoms with Crippen LogP contribution in [-0.4, -0.2) is 53.9 Å². The molecule has 2 heterocycles. The third-order valence-corrected chi connectivity index (χ3v) is 4.62. The molecule has 0 bridgehead atoms. The fourth-order valence-corrected chi connectivity index (χ4v) is 3.18. The monoisotopic (exact) mass is 250 g/mol. The maximum atomic E-state index is 12.1. The van der Waals surface area contributed by atoms with Crippen molar-refractivity contribution in [1.82, 2.24) is 9.80 Å². The minimum Gasteiger partial charge on any atom is -0.385 e. The molecule has 3 aliphatic rings. The van der Waals surface area contributed by atoms with Crippen LogP contribution in [0.3, 0.4) is 0 Å². The topological polar surface area (TPSA) is 61.9 Å². The normalized spacial score (nSPS) is 33.9. The highest BCUT2D eigenvalue weighted by Crippen LogP contribution is 2.38. The standard InChI is InChI=1S/C13H22N4O/c1-16-7-2-5-13(6-8-16)11(14)15-12(18)17(13)9-10-3-4-10/h10H,2-9H2,1H3,(H2,14,15,18). The molecule has 1 aliphatic carbocycles. The molecule has 0 aromatic rings. The van der Waals surface area contributed by atoms with Gasteiger partial charge in [0, 0.05) is 13.1 Å². The lowest BCUT2D eigenvalue weighted by Gasteiger charge is -2.37. The van der Waals surface area contributed by atoms with Crippen LogP contribution in [0.15, 0.2) is 4.99 Å². The molecule has 1 saturated carbocycles. The molecule has 1 saturated heterocycles. The number of likely N-dealkylation sites (tertiary alicyclic amines) is 1. The van der Waals surface area contributed by atoms with Gasteiger partial charge in [0.1, 0.15) is 11.4 Å². The van der Waals surface area contributed by atoms with Gasteiger partial charge in [-0.05, 0) is 51.6 Å². The molecule has 5 nitrogen and oxygen atoms in total. The van der Waals surface area contributed by atoms with Gasteiger partial charge in [0.05, 0.1) is 0 Å². The summed E-state index contributed by atoms with van der Waals surface area (Å²) in [5.74, 6) is 1.25. The van der Waals surface area contributed by atoms with Crippen molar-refractivity contribution in [1.29, 1.82) is 0 Å². The number of amidine groups is 1. The Morgan fingerprint density at radius 3 is 2.89 bits per heavy atom. The molecule has 0 aromatic heterocycles. The number of aliphatic imine (C=N–C) groups is 1. The van der Waals surface area contributed by atoms with Crippen LogP contribution >= 0.6 is 0 Å². The third-order valence-electron chi connectivity index (χ3n) is 4.62. The average molecular weight is 250 g/mol. The molecule has 100 valence electrons. The summed E-state index contributed by atoms with van der Waals surface area (Å²) in [6.45, 7) is 2.93. The summed E-state index contributed by atoms with van der Waals surface area (Å²) in [4.78, 5) is 20.4.